The van der Waals surface area contributed by atoms with Crippen LogP contribution in [0.15, 0.2) is 34.1 Å². The summed E-state index contributed by atoms with van der Waals surface area (Å²) in [7, 11) is -2.45. The van der Waals surface area contributed by atoms with E-state index in [2.05, 4.69) is 4.72 Å². The van der Waals surface area contributed by atoms with Gasteiger partial charge < -0.3 is 0 Å². The topological polar surface area (TPSA) is 80.3 Å². The molecule has 1 aromatic rings. The Kier molecular flexibility index (Phi) is 5.79. The van der Waals surface area contributed by atoms with Gasteiger partial charge in [0.05, 0.1) is 9.79 Å². The zero-order chi connectivity index (χ0) is 14.5. The van der Waals surface area contributed by atoms with E-state index in [9.17, 15) is 16.8 Å². The minimum absolute atomic E-state index is 0.106. The molecule has 108 valence electrons. The second-order valence-corrected chi connectivity index (χ2v) is 8.35. The Balaban J connectivity index is 2.90. The zero-order valence-corrected chi connectivity index (χ0v) is 12.9. The van der Waals surface area contributed by atoms with Crippen molar-refractivity contribution in [2.45, 2.75) is 36.0 Å². The van der Waals surface area contributed by atoms with E-state index in [1.54, 1.807) is 0 Å². The van der Waals surface area contributed by atoms with Crippen molar-refractivity contribution in [3.8, 4) is 0 Å². The van der Waals surface area contributed by atoms with Crippen LogP contribution in [-0.4, -0.2) is 23.4 Å². The highest BCUT2D eigenvalue weighted by atomic mass is 35.7. The number of benzene rings is 1. The lowest BCUT2D eigenvalue weighted by atomic mass is 10.3. The first kappa shape index (κ1) is 16.4. The molecule has 0 aliphatic heterocycles. The van der Waals surface area contributed by atoms with Crippen LogP contribution in [0.2, 0.25) is 0 Å². The molecule has 0 aliphatic carbocycles. The molecule has 0 saturated carbocycles. The van der Waals surface area contributed by atoms with Gasteiger partial charge in [0.1, 0.15) is 0 Å². The summed E-state index contributed by atoms with van der Waals surface area (Å²) in [6.45, 7) is 2.34. The van der Waals surface area contributed by atoms with Crippen molar-refractivity contribution in [3.05, 3.63) is 24.3 Å². The van der Waals surface area contributed by atoms with Gasteiger partial charge in [-0.1, -0.05) is 25.8 Å². The predicted octanol–water partition coefficient (Wildman–Crippen LogP) is 2.08. The first-order valence-corrected chi connectivity index (χ1v) is 9.61. The fourth-order valence-corrected chi connectivity index (χ4v) is 3.45. The average molecular weight is 326 g/mol. The van der Waals surface area contributed by atoms with E-state index < -0.39 is 19.1 Å². The van der Waals surface area contributed by atoms with E-state index in [4.69, 9.17) is 10.7 Å². The lowest BCUT2D eigenvalue weighted by molar-refractivity contribution is 0.575. The summed E-state index contributed by atoms with van der Waals surface area (Å²) in [5.74, 6) is 0. The van der Waals surface area contributed by atoms with Crippen molar-refractivity contribution in [1.29, 1.82) is 0 Å². The molecule has 5 nitrogen and oxygen atoms in total. The third-order valence-corrected chi connectivity index (χ3v) is 5.28. The van der Waals surface area contributed by atoms with Gasteiger partial charge in [0, 0.05) is 17.2 Å². The Morgan fingerprint density at radius 3 is 2.32 bits per heavy atom. The standard InChI is InChI=1S/C11H16ClNO4S2/c1-2-3-4-8-13-19(16,17)11-7-5-6-10(9-11)18(12,14)15/h5-7,9,13H,2-4,8H2,1H3. The van der Waals surface area contributed by atoms with E-state index in [0.717, 1.165) is 25.3 Å². The summed E-state index contributed by atoms with van der Waals surface area (Å²) in [4.78, 5) is -0.337. The van der Waals surface area contributed by atoms with Crippen LogP contribution in [0.5, 0.6) is 0 Å². The third kappa shape index (κ3) is 5.10. The molecule has 1 rings (SSSR count). The van der Waals surface area contributed by atoms with Gasteiger partial charge in [-0.15, -0.1) is 0 Å². The number of hydrogen-bond donors (Lipinski definition) is 1. The average Bonchev–Trinajstić information content (AvgIpc) is 2.34. The molecule has 0 bridgehead atoms. The van der Waals surface area contributed by atoms with E-state index in [0.29, 0.717) is 6.54 Å². The van der Waals surface area contributed by atoms with Crippen molar-refractivity contribution in [1.82, 2.24) is 4.72 Å². The predicted molar refractivity (Wildman–Crippen MR) is 74.2 cm³/mol. The van der Waals surface area contributed by atoms with Crippen LogP contribution in [0.3, 0.4) is 0 Å². The molecule has 0 fully saturated rings. The highest BCUT2D eigenvalue weighted by Crippen LogP contribution is 2.18. The molecule has 8 heteroatoms. The molecular weight excluding hydrogens is 310 g/mol. The SMILES string of the molecule is CCCCCNS(=O)(=O)c1cccc(S(=O)(=O)Cl)c1. The molecule has 0 spiro atoms. The largest absolute Gasteiger partial charge is 0.261 e. The number of hydrogen-bond acceptors (Lipinski definition) is 4. The van der Waals surface area contributed by atoms with Crippen molar-refractivity contribution in [2.75, 3.05) is 6.54 Å². The number of sulfonamides is 1. The van der Waals surface area contributed by atoms with Gasteiger partial charge in [-0.05, 0) is 24.6 Å². The van der Waals surface area contributed by atoms with Crippen LogP contribution in [0, 0.1) is 0 Å². The Hall–Kier alpha value is -0.630. The first-order valence-electron chi connectivity index (χ1n) is 5.82. The van der Waals surface area contributed by atoms with Gasteiger partial charge >= 0.3 is 0 Å². The monoisotopic (exact) mass is 325 g/mol. The van der Waals surface area contributed by atoms with Gasteiger partial charge in [-0.25, -0.2) is 21.6 Å². The number of unbranched alkanes of at least 4 members (excludes halogenated alkanes) is 2. The van der Waals surface area contributed by atoms with E-state index >= 15 is 0 Å². The first-order chi connectivity index (χ1) is 8.77. The van der Waals surface area contributed by atoms with Crippen LogP contribution in [0.25, 0.3) is 0 Å². The van der Waals surface area contributed by atoms with Gasteiger partial charge in [0.25, 0.3) is 9.05 Å². The zero-order valence-electron chi connectivity index (χ0n) is 10.5. The van der Waals surface area contributed by atoms with Gasteiger partial charge in [0.2, 0.25) is 10.0 Å². The maximum atomic E-state index is 11.9. The molecule has 1 aromatic carbocycles. The van der Waals surface area contributed by atoms with Gasteiger partial charge in [0.15, 0.2) is 0 Å². The van der Waals surface area contributed by atoms with Crippen molar-refractivity contribution in [3.63, 3.8) is 0 Å². The summed E-state index contributed by atoms with van der Waals surface area (Å²) in [6.07, 6.45) is 2.66. The summed E-state index contributed by atoms with van der Waals surface area (Å²) < 4.78 is 48.6. The fourth-order valence-electron chi connectivity index (χ4n) is 1.46. The van der Waals surface area contributed by atoms with Gasteiger partial charge in [-0.3, -0.25) is 0 Å². The number of rotatable bonds is 7. The summed E-state index contributed by atoms with van der Waals surface area (Å²) in [6, 6.07) is 4.96. The van der Waals surface area contributed by atoms with Gasteiger partial charge in [-0.2, -0.15) is 0 Å². The maximum Gasteiger partial charge on any atom is 0.261 e. The highest BCUT2D eigenvalue weighted by Gasteiger charge is 2.17. The summed E-state index contributed by atoms with van der Waals surface area (Å²) >= 11 is 0. The lowest BCUT2D eigenvalue weighted by Gasteiger charge is -2.07. The molecular formula is C11H16ClNO4S2. The Bertz CT molecular complexity index is 626. The van der Waals surface area contributed by atoms with Crippen LogP contribution >= 0.6 is 10.7 Å². The molecule has 0 heterocycles. The second-order valence-electron chi connectivity index (χ2n) is 4.02. The Morgan fingerprint density at radius 1 is 1.11 bits per heavy atom. The second kappa shape index (κ2) is 6.69. The van der Waals surface area contributed by atoms with Crippen molar-refractivity contribution < 1.29 is 16.8 Å². The Labute approximate surface area is 118 Å². The maximum absolute atomic E-state index is 11.9. The van der Waals surface area contributed by atoms with Crippen LogP contribution in [0.1, 0.15) is 26.2 Å². The quantitative estimate of drug-likeness (QED) is 0.615. The summed E-state index contributed by atoms with van der Waals surface area (Å²) in [5.41, 5.74) is 0. The van der Waals surface area contributed by atoms with Crippen molar-refractivity contribution in [2.24, 2.45) is 0 Å². The van der Waals surface area contributed by atoms with E-state index in [1.165, 1.54) is 18.2 Å². The number of nitrogens with one attached hydrogen (secondary N) is 1. The van der Waals surface area contributed by atoms with E-state index in [-0.39, 0.29) is 9.79 Å². The van der Waals surface area contributed by atoms with E-state index in [1.807, 2.05) is 6.92 Å². The lowest BCUT2D eigenvalue weighted by Crippen LogP contribution is -2.24. The smallest absolute Gasteiger partial charge is 0.211 e. The molecule has 0 radical (unpaired) electrons. The molecule has 0 aliphatic rings. The van der Waals surface area contributed by atoms with Crippen LogP contribution < -0.4 is 4.72 Å². The molecule has 0 atom stereocenters. The molecule has 0 aromatic heterocycles. The number of halogens is 1. The molecule has 0 unspecified atom stereocenters. The minimum atomic E-state index is -3.93. The highest BCUT2D eigenvalue weighted by molar-refractivity contribution is 8.13. The fraction of sp³-hybridized carbons (Fsp3) is 0.455. The molecule has 0 amide bonds. The van der Waals surface area contributed by atoms with Crippen LogP contribution in [-0.2, 0) is 19.1 Å². The Morgan fingerprint density at radius 2 is 1.74 bits per heavy atom. The molecule has 0 saturated heterocycles. The summed E-state index contributed by atoms with van der Waals surface area (Å²) in [5, 5.41) is 0. The van der Waals surface area contributed by atoms with Crippen LogP contribution in [0.4, 0.5) is 0 Å². The third-order valence-electron chi connectivity index (χ3n) is 2.47. The molecule has 19 heavy (non-hydrogen) atoms. The normalized spacial score (nSPS) is 12.5. The molecule has 1 N–H and O–H groups in total. The van der Waals surface area contributed by atoms with Crippen molar-refractivity contribution >= 4 is 29.8 Å². The minimum Gasteiger partial charge on any atom is -0.211 e.